The maximum atomic E-state index is 11.1. The van der Waals surface area contributed by atoms with Gasteiger partial charge in [-0.15, -0.1) is 0 Å². The number of esters is 1. The molecule has 0 saturated carbocycles. The van der Waals surface area contributed by atoms with Gasteiger partial charge in [0, 0.05) is 18.8 Å². The van der Waals surface area contributed by atoms with Crippen LogP contribution in [0.5, 0.6) is 0 Å². The Kier molecular flexibility index (Phi) is 3.36. The number of aliphatic hydroxyl groups is 1. The van der Waals surface area contributed by atoms with Gasteiger partial charge in [0.2, 0.25) is 0 Å². The van der Waals surface area contributed by atoms with E-state index in [1.54, 1.807) is 13.8 Å². The summed E-state index contributed by atoms with van der Waals surface area (Å²) in [6.45, 7) is 3.34. The third-order valence-electron chi connectivity index (χ3n) is 1.72. The quantitative estimate of drug-likeness (QED) is 0.739. The first-order valence-electron chi connectivity index (χ1n) is 4.54. The van der Waals surface area contributed by atoms with Gasteiger partial charge in [-0.25, -0.2) is 14.8 Å². The fourth-order valence-electron chi connectivity index (χ4n) is 1.06. The normalized spacial score (nSPS) is 11.2. The molecule has 0 bridgehead atoms. The van der Waals surface area contributed by atoms with Crippen molar-refractivity contribution in [1.29, 1.82) is 0 Å². The Labute approximate surface area is 88.1 Å². The van der Waals surface area contributed by atoms with E-state index in [1.165, 1.54) is 19.5 Å². The van der Waals surface area contributed by atoms with Crippen molar-refractivity contribution in [3.8, 4) is 0 Å². The number of aromatic nitrogens is 2. The molecule has 0 aliphatic carbocycles. The lowest BCUT2D eigenvalue weighted by Gasteiger charge is -2.15. The Morgan fingerprint density at radius 3 is 2.40 bits per heavy atom. The first kappa shape index (κ1) is 11.6. The SMILES string of the molecule is COC(=O)c1cnc(CC(C)(C)O)nc1. The van der Waals surface area contributed by atoms with E-state index in [4.69, 9.17) is 0 Å². The van der Waals surface area contributed by atoms with E-state index in [0.717, 1.165) is 0 Å². The molecule has 0 fully saturated rings. The average molecular weight is 210 g/mol. The van der Waals surface area contributed by atoms with Crippen LogP contribution >= 0.6 is 0 Å². The minimum absolute atomic E-state index is 0.303. The summed E-state index contributed by atoms with van der Waals surface area (Å²) in [5, 5.41) is 9.52. The van der Waals surface area contributed by atoms with Crippen molar-refractivity contribution in [2.45, 2.75) is 25.9 Å². The lowest BCUT2D eigenvalue weighted by Crippen LogP contribution is -2.23. The molecular weight excluding hydrogens is 196 g/mol. The minimum Gasteiger partial charge on any atom is -0.465 e. The highest BCUT2D eigenvalue weighted by molar-refractivity contribution is 5.88. The summed E-state index contributed by atoms with van der Waals surface area (Å²) in [5.41, 5.74) is -0.552. The first-order chi connectivity index (χ1) is 6.92. The van der Waals surface area contributed by atoms with Crippen molar-refractivity contribution in [3.05, 3.63) is 23.8 Å². The van der Waals surface area contributed by atoms with Crippen LogP contribution in [0.15, 0.2) is 12.4 Å². The predicted octanol–water partition coefficient (Wildman–Crippen LogP) is 0.577. The molecule has 0 saturated heterocycles. The van der Waals surface area contributed by atoms with Crippen LogP contribution in [0, 0.1) is 0 Å². The summed E-state index contributed by atoms with van der Waals surface area (Å²) in [4.78, 5) is 19.0. The number of carbonyl (C=O) groups is 1. The summed E-state index contributed by atoms with van der Waals surface area (Å²) in [7, 11) is 1.30. The zero-order valence-corrected chi connectivity index (χ0v) is 9.02. The van der Waals surface area contributed by atoms with Crippen LogP contribution in [0.25, 0.3) is 0 Å². The highest BCUT2D eigenvalue weighted by atomic mass is 16.5. The topological polar surface area (TPSA) is 72.3 Å². The number of hydrogen-bond acceptors (Lipinski definition) is 5. The zero-order valence-electron chi connectivity index (χ0n) is 9.02. The van der Waals surface area contributed by atoms with Gasteiger partial charge >= 0.3 is 5.97 Å². The summed E-state index contributed by atoms with van der Waals surface area (Å²) >= 11 is 0. The number of methoxy groups -OCH3 is 1. The van der Waals surface area contributed by atoms with Crippen molar-refractivity contribution >= 4 is 5.97 Å². The van der Waals surface area contributed by atoms with E-state index in [-0.39, 0.29) is 0 Å². The summed E-state index contributed by atoms with van der Waals surface area (Å²) < 4.78 is 4.51. The number of carbonyl (C=O) groups excluding carboxylic acids is 1. The molecule has 1 rings (SSSR count). The molecule has 0 aromatic carbocycles. The molecule has 5 heteroatoms. The highest BCUT2D eigenvalue weighted by Gasteiger charge is 2.15. The van der Waals surface area contributed by atoms with Gasteiger partial charge in [0.1, 0.15) is 5.82 Å². The Hall–Kier alpha value is -1.49. The smallest absolute Gasteiger partial charge is 0.341 e. The Bertz CT molecular complexity index is 341. The van der Waals surface area contributed by atoms with Crippen LogP contribution in [0.2, 0.25) is 0 Å². The Morgan fingerprint density at radius 2 is 2.00 bits per heavy atom. The minimum atomic E-state index is -0.854. The molecule has 1 aromatic heterocycles. The Morgan fingerprint density at radius 1 is 1.47 bits per heavy atom. The van der Waals surface area contributed by atoms with Crippen molar-refractivity contribution in [2.75, 3.05) is 7.11 Å². The molecule has 0 spiro atoms. The van der Waals surface area contributed by atoms with Gasteiger partial charge in [-0.3, -0.25) is 0 Å². The van der Waals surface area contributed by atoms with E-state index in [2.05, 4.69) is 14.7 Å². The molecule has 0 atom stereocenters. The van der Waals surface area contributed by atoms with Crippen LogP contribution in [-0.4, -0.2) is 33.8 Å². The zero-order chi connectivity index (χ0) is 11.5. The molecule has 0 unspecified atom stereocenters. The van der Waals surface area contributed by atoms with E-state index >= 15 is 0 Å². The maximum absolute atomic E-state index is 11.1. The molecule has 0 aliphatic heterocycles. The second kappa shape index (κ2) is 4.35. The number of nitrogens with zero attached hydrogens (tertiary/aromatic N) is 2. The van der Waals surface area contributed by atoms with Crippen LogP contribution in [0.1, 0.15) is 30.0 Å². The predicted molar refractivity (Wildman–Crippen MR) is 53.4 cm³/mol. The first-order valence-corrected chi connectivity index (χ1v) is 4.54. The van der Waals surface area contributed by atoms with E-state index in [1.807, 2.05) is 0 Å². The maximum Gasteiger partial charge on any atom is 0.341 e. The fraction of sp³-hybridized carbons (Fsp3) is 0.500. The van der Waals surface area contributed by atoms with Crippen LogP contribution in [-0.2, 0) is 11.2 Å². The van der Waals surface area contributed by atoms with E-state index in [9.17, 15) is 9.90 Å². The lowest BCUT2D eigenvalue weighted by molar-refractivity contribution is 0.0599. The van der Waals surface area contributed by atoms with Gasteiger partial charge in [-0.05, 0) is 13.8 Å². The fourth-order valence-corrected chi connectivity index (χ4v) is 1.06. The second-order valence-electron chi connectivity index (χ2n) is 3.87. The summed E-state index contributed by atoms with van der Waals surface area (Å²) in [6, 6.07) is 0. The molecule has 82 valence electrons. The number of rotatable bonds is 3. The standard InChI is InChI=1S/C10H14N2O3/c1-10(2,14)4-8-11-5-7(6-12-8)9(13)15-3/h5-6,14H,4H2,1-3H3. The summed E-state index contributed by atoms with van der Waals surface area (Å²) in [6.07, 6.45) is 3.12. The molecular formula is C10H14N2O3. The monoisotopic (exact) mass is 210 g/mol. The van der Waals surface area contributed by atoms with Gasteiger partial charge in [-0.2, -0.15) is 0 Å². The molecule has 1 heterocycles. The highest BCUT2D eigenvalue weighted by Crippen LogP contribution is 2.08. The van der Waals surface area contributed by atoms with Crippen molar-refractivity contribution in [1.82, 2.24) is 9.97 Å². The molecule has 0 amide bonds. The van der Waals surface area contributed by atoms with Gasteiger partial charge in [0.25, 0.3) is 0 Å². The number of hydrogen-bond donors (Lipinski definition) is 1. The second-order valence-corrected chi connectivity index (χ2v) is 3.87. The average Bonchev–Trinajstić information content (AvgIpc) is 2.15. The molecule has 1 aromatic rings. The molecule has 15 heavy (non-hydrogen) atoms. The van der Waals surface area contributed by atoms with Crippen molar-refractivity contribution in [2.24, 2.45) is 0 Å². The van der Waals surface area contributed by atoms with Crippen molar-refractivity contribution in [3.63, 3.8) is 0 Å². The summed E-state index contributed by atoms with van der Waals surface area (Å²) in [5.74, 6) is 0.0277. The van der Waals surface area contributed by atoms with Crippen LogP contribution < -0.4 is 0 Å². The molecule has 1 N–H and O–H groups in total. The van der Waals surface area contributed by atoms with Gasteiger partial charge in [0.15, 0.2) is 0 Å². The van der Waals surface area contributed by atoms with Gasteiger partial charge < -0.3 is 9.84 Å². The molecule has 0 aliphatic rings. The molecule has 0 radical (unpaired) electrons. The molecule has 5 nitrogen and oxygen atoms in total. The Balaban J connectivity index is 2.77. The largest absolute Gasteiger partial charge is 0.465 e. The third kappa shape index (κ3) is 3.63. The lowest BCUT2D eigenvalue weighted by atomic mass is 10.1. The third-order valence-corrected chi connectivity index (χ3v) is 1.72. The number of ether oxygens (including phenoxy) is 1. The van der Waals surface area contributed by atoms with E-state index < -0.39 is 11.6 Å². The van der Waals surface area contributed by atoms with E-state index in [0.29, 0.717) is 17.8 Å². The van der Waals surface area contributed by atoms with Crippen LogP contribution in [0.3, 0.4) is 0 Å². The van der Waals surface area contributed by atoms with Gasteiger partial charge in [-0.1, -0.05) is 0 Å². The van der Waals surface area contributed by atoms with Crippen molar-refractivity contribution < 1.29 is 14.6 Å². The van der Waals surface area contributed by atoms with Crippen LogP contribution in [0.4, 0.5) is 0 Å². The van der Waals surface area contributed by atoms with Gasteiger partial charge in [0.05, 0.1) is 18.3 Å².